The van der Waals surface area contributed by atoms with Gasteiger partial charge in [0.2, 0.25) is 5.95 Å². The average Bonchev–Trinajstić information content (AvgIpc) is 2.68. The van der Waals surface area contributed by atoms with E-state index in [4.69, 9.17) is 14.7 Å². The van der Waals surface area contributed by atoms with Crippen LogP contribution in [0.5, 0.6) is 0 Å². The second-order valence-corrected chi connectivity index (χ2v) is 7.15. The lowest BCUT2D eigenvalue weighted by molar-refractivity contribution is 0.108. The Kier molecular flexibility index (Phi) is 5.91. The fourth-order valence-electron chi connectivity index (χ4n) is 3.79. The van der Waals surface area contributed by atoms with E-state index in [1.54, 1.807) is 0 Å². The number of anilines is 2. The first-order chi connectivity index (χ1) is 12.2. The quantitative estimate of drug-likeness (QED) is 0.796. The van der Waals surface area contributed by atoms with E-state index in [0.29, 0.717) is 0 Å². The van der Waals surface area contributed by atoms with Gasteiger partial charge >= 0.3 is 0 Å². The molecule has 6 nitrogen and oxygen atoms in total. The van der Waals surface area contributed by atoms with Gasteiger partial charge in [-0.25, -0.2) is 4.98 Å². The lowest BCUT2D eigenvalue weighted by atomic mass is 9.78. The number of hydrogen-bond acceptors (Lipinski definition) is 6. The van der Waals surface area contributed by atoms with Crippen LogP contribution in [-0.2, 0) is 11.2 Å². The number of allylic oxidation sites excluding steroid dienone is 1. The van der Waals surface area contributed by atoms with Crippen molar-refractivity contribution in [1.82, 2.24) is 9.97 Å². The highest BCUT2D eigenvalue weighted by molar-refractivity contribution is 5.47. The van der Waals surface area contributed by atoms with E-state index in [1.165, 1.54) is 0 Å². The number of nitrogens with zero attached hydrogens (tertiary/aromatic N) is 4. The lowest BCUT2D eigenvalue weighted by Crippen LogP contribution is -2.46. The Bertz CT molecular complexity index is 589. The predicted octanol–water partition coefficient (Wildman–Crippen LogP) is 2.03. The first-order valence-corrected chi connectivity index (χ1v) is 9.37. The zero-order valence-electron chi connectivity index (χ0n) is 15.3. The second kappa shape index (κ2) is 8.15. The van der Waals surface area contributed by atoms with Crippen LogP contribution in [0.25, 0.3) is 0 Å². The SMILES string of the molecule is C=CC[C@]1(CO)CCCN(c2cc(CC)nc(N3CCOCC3)n2)C1. The van der Waals surface area contributed by atoms with Gasteiger partial charge in [-0.05, 0) is 25.7 Å². The van der Waals surface area contributed by atoms with Crippen molar-refractivity contribution in [2.75, 3.05) is 55.8 Å². The molecule has 0 aromatic carbocycles. The Morgan fingerprint density at radius 2 is 2.08 bits per heavy atom. The molecule has 2 aliphatic heterocycles. The summed E-state index contributed by atoms with van der Waals surface area (Å²) in [5.41, 5.74) is 0.964. The van der Waals surface area contributed by atoms with Crippen molar-refractivity contribution in [3.63, 3.8) is 0 Å². The molecule has 2 saturated heterocycles. The molecule has 0 aliphatic carbocycles. The van der Waals surface area contributed by atoms with E-state index in [1.807, 2.05) is 6.08 Å². The van der Waals surface area contributed by atoms with Gasteiger partial charge in [-0.1, -0.05) is 13.0 Å². The average molecular weight is 346 g/mol. The van der Waals surface area contributed by atoms with Crippen LogP contribution in [0, 0.1) is 5.41 Å². The van der Waals surface area contributed by atoms with Crippen LogP contribution in [0.15, 0.2) is 18.7 Å². The maximum absolute atomic E-state index is 9.97. The number of aryl methyl sites for hydroxylation is 1. The summed E-state index contributed by atoms with van der Waals surface area (Å²) in [4.78, 5) is 14.1. The third-order valence-electron chi connectivity index (χ3n) is 5.31. The molecule has 0 unspecified atom stereocenters. The molecule has 2 fully saturated rings. The fourth-order valence-corrected chi connectivity index (χ4v) is 3.79. The molecule has 3 heterocycles. The second-order valence-electron chi connectivity index (χ2n) is 7.15. The fraction of sp³-hybridized carbons (Fsp3) is 0.684. The van der Waals surface area contributed by atoms with E-state index >= 15 is 0 Å². The lowest BCUT2D eigenvalue weighted by Gasteiger charge is -2.42. The van der Waals surface area contributed by atoms with Gasteiger partial charge in [0.25, 0.3) is 0 Å². The van der Waals surface area contributed by atoms with Gasteiger partial charge < -0.3 is 19.6 Å². The molecule has 1 aromatic rings. The summed E-state index contributed by atoms with van der Waals surface area (Å²) in [5.74, 6) is 1.79. The summed E-state index contributed by atoms with van der Waals surface area (Å²) in [7, 11) is 0. The minimum absolute atomic E-state index is 0.101. The summed E-state index contributed by atoms with van der Waals surface area (Å²) >= 11 is 0. The summed E-state index contributed by atoms with van der Waals surface area (Å²) < 4.78 is 5.45. The zero-order valence-corrected chi connectivity index (χ0v) is 15.3. The summed E-state index contributed by atoms with van der Waals surface area (Å²) in [5, 5.41) is 9.97. The van der Waals surface area contributed by atoms with E-state index < -0.39 is 0 Å². The van der Waals surface area contributed by atoms with E-state index in [9.17, 15) is 5.11 Å². The van der Waals surface area contributed by atoms with E-state index in [2.05, 4.69) is 29.4 Å². The van der Waals surface area contributed by atoms with E-state index in [0.717, 1.165) is 82.5 Å². The monoisotopic (exact) mass is 346 g/mol. The molecule has 3 rings (SSSR count). The molecule has 0 bridgehead atoms. The molecular formula is C19H30N4O2. The van der Waals surface area contributed by atoms with Crippen molar-refractivity contribution in [2.24, 2.45) is 5.41 Å². The van der Waals surface area contributed by atoms with Gasteiger partial charge in [-0.15, -0.1) is 6.58 Å². The Hall–Kier alpha value is -1.66. The van der Waals surface area contributed by atoms with Crippen molar-refractivity contribution in [1.29, 1.82) is 0 Å². The highest BCUT2D eigenvalue weighted by atomic mass is 16.5. The first-order valence-electron chi connectivity index (χ1n) is 9.37. The Morgan fingerprint density at radius 3 is 2.76 bits per heavy atom. The molecule has 6 heteroatoms. The van der Waals surface area contributed by atoms with Gasteiger partial charge in [-0.2, -0.15) is 4.98 Å². The Labute approximate surface area is 150 Å². The molecule has 25 heavy (non-hydrogen) atoms. The van der Waals surface area contributed by atoms with Crippen molar-refractivity contribution in [3.05, 3.63) is 24.4 Å². The molecule has 2 aliphatic rings. The maximum Gasteiger partial charge on any atom is 0.227 e. The predicted molar refractivity (Wildman–Crippen MR) is 100 cm³/mol. The molecule has 0 spiro atoms. The van der Waals surface area contributed by atoms with E-state index in [-0.39, 0.29) is 12.0 Å². The van der Waals surface area contributed by atoms with Crippen LogP contribution in [0.1, 0.15) is 31.9 Å². The van der Waals surface area contributed by atoms with Crippen LogP contribution in [0.4, 0.5) is 11.8 Å². The van der Waals surface area contributed by atoms with Gasteiger partial charge in [0, 0.05) is 43.4 Å². The molecule has 1 N–H and O–H groups in total. The van der Waals surface area contributed by atoms with Crippen molar-refractivity contribution >= 4 is 11.8 Å². The van der Waals surface area contributed by atoms with Gasteiger partial charge in [0.15, 0.2) is 0 Å². The largest absolute Gasteiger partial charge is 0.396 e. The number of hydrogen-bond donors (Lipinski definition) is 1. The third-order valence-corrected chi connectivity index (χ3v) is 5.31. The van der Waals surface area contributed by atoms with Crippen molar-refractivity contribution in [2.45, 2.75) is 32.6 Å². The molecule has 0 amide bonds. The number of piperidine rings is 1. The summed E-state index contributed by atoms with van der Waals surface area (Å²) in [6.45, 7) is 11.1. The number of aliphatic hydroxyl groups is 1. The first kappa shape index (κ1) is 18.1. The number of aliphatic hydroxyl groups excluding tert-OH is 1. The minimum Gasteiger partial charge on any atom is -0.396 e. The zero-order chi connectivity index (χ0) is 17.7. The third kappa shape index (κ3) is 4.12. The van der Waals surface area contributed by atoms with Gasteiger partial charge in [0.05, 0.1) is 19.8 Å². The molecular weight excluding hydrogens is 316 g/mol. The van der Waals surface area contributed by atoms with Crippen LogP contribution in [0.2, 0.25) is 0 Å². The standard InChI is InChI=1S/C19H30N4O2/c1-3-6-19(15-24)7-5-8-23(14-19)17-13-16(4-2)20-18(21-17)22-9-11-25-12-10-22/h3,13,24H,1,4-12,14-15H2,2H3/t19-/m0/s1. The summed E-state index contributed by atoms with van der Waals surface area (Å²) in [6.07, 6.45) is 5.75. The smallest absolute Gasteiger partial charge is 0.227 e. The number of rotatable bonds is 6. The highest BCUT2D eigenvalue weighted by Gasteiger charge is 2.34. The number of ether oxygens (including phenoxy) is 1. The molecule has 0 radical (unpaired) electrons. The van der Waals surface area contributed by atoms with Crippen molar-refractivity contribution in [3.8, 4) is 0 Å². The Morgan fingerprint density at radius 1 is 1.28 bits per heavy atom. The molecule has 1 aromatic heterocycles. The van der Waals surface area contributed by atoms with Gasteiger partial charge in [0.1, 0.15) is 5.82 Å². The molecule has 1 atom stereocenters. The van der Waals surface area contributed by atoms with Crippen LogP contribution in [-0.4, -0.2) is 61.1 Å². The minimum atomic E-state index is -0.101. The Balaban J connectivity index is 1.86. The van der Waals surface area contributed by atoms with Crippen molar-refractivity contribution < 1.29 is 9.84 Å². The van der Waals surface area contributed by atoms with Crippen LogP contribution >= 0.6 is 0 Å². The number of morpholine rings is 1. The summed E-state index contributed by atoms with van der Waals surface area (Å²) in [6, 6.07) is 2.10. The molecule has 0 saturated carbocycles. The van der Waals surface area contributed by atoms with Crippen LogP contribution < -0.4 is 9.80 Å². The van der Waals surface area contributed by atoms with Gasteiger partial charge in [-0.3, -0.25) is 0 Å². The highest BCUT2D eigenvalue weighted by Crippen LogP contribution is 2.35. The number of aromatic nitrogens is 2. The topological polar surface area (TPSA) is 61.7 Å². The molecule has 138 valence electrons. The normalized spacial score (nSPS) is 24.4. The van der Waals surface area contributed by atoms with Crippen LogP contribution in [0.3, 0.4) is 0 Å². The maximum atomic E-state index is 9.97.